The third-order valence-electron chi connectivity index (χ3n) is 4.72. The van der Waals surface area contributed by atoms with E-state index in [0.29, 0.717) is 29.7 Å². The molecular weight excluding hydrogens is 382 g/mol. The Morgan fingerprint density at radius 2 is 2.11 bits per heavy atom. The summed E-state index contributed by atoms with van der Waals surface area (Å²) in [7, 11) is 0. The molecule has 4 aromatic rings. The molecule has 1 amide bonds. The zero-order valence-electron chi connectivity index (χ0n) is 14.5. The Balaban J connectivity index is 1.51. The van der Waals surface area contributed by atoms with E-state index in [9.17, 15) is 4.79 Å². The molecule has 1 N–H and O–H groups in total. The molecule has 0 fully saturated rings. The van der Waals surface area contributed by atoms with Gasteiger partial charge in [0, 0.05) is 17.0 Å². The number of aromatic nitrogens is 4. The first-order valence-electron chi connectivity index (χ1n) is 8.64. The van der Waals surface area contributed by atoms with E-state index in [-0.39, 0.29) is 11.7 Å². The quantitative estimate of drug-likeness (QED) is 0.568. The number of hydrogen-bond acceptors (Lipinski definition) is 6. The van der Waals surface area contributed by atoms with Crippen LogP contribution in [0.2, 0.25) is 5.02 Å². The molecule has 0 bridgehead atoms. The monoisotopic (exact) mass is 395 g/mol. The summed E-state index contributed by atoms with van der Waals surface area (Å²) in [6.45, 7) is 0.345. The first-order valence-corrected chi connectivity index (χ1v) is 9.02. The van der Waals surface area contributed by atoms with Crippen LogP contribution < -0.4 is 0 Å². The van der Waals surface area contributed by atoms with Gasteiger partial charge in [0.2, 0.25) is 11.7 Å². The topological polar surface area (TPSA) is 101 Å². The maximum atomic E-state index is 13.0. The minimum Gasteiger partial charge on any atom is -0.459 e. The Hall–Kier alpha value is -3.39. The van der Waals surface area contributed by atoms with E-state index in [0.717, 1.165) is 17.0 Å². The van der Waals surface area contributed by atoms with E-state index in [4.69, 9.17) is 20.5 Å². The molecule has 0 aliphatic carbocycles. The minimum atomic E-state index is -0.443. The van der Waals surface area contributed by atoms with Crippen LogP contribution in [-0.4, -0.2) is 30.9 Å². The molecule has 3 aromatic heterocycles. The number of benzene rings is 1. The molecule has 5 rings (SSSR count). The second-order valence-electron chi connectivity index (χ2n) is 6.42. The van der Waals surface area contributed by atoms with Crippen molar-refractivity contribution in [3.05, 3.63) is 77.1 Å². The van der Waals surface area contributed by atoms with Gasteiger partial charge in [-0.25, -0.2) is 4.98 Å². The van der Waals surface area contributed by atoms with Crippen LogP contribution in [-0.2, 0) is 13.0 Å². The van der Waals surface area contributed by atoms with Gasteiger partial charge in [-0.15, -0.1) is 0 Å². The molecular formula is C19H14ClN5O3. The molecule has 4 heterocycles. The van der Waals surface area contributed by atoms with Crippen LogP contribution >= 0.6 is 11.6 Å². The number of carbonyl (C=O) groups is 1. The lowest BCUT2D eigenvalue weighted by Crippen LogP contribution is -2.39. The average molecular weight is 396 g/mol. The van der Waals surface area contributed by atoms with Crippen molar-refractivity contribution >= 4 is 17.5 Å². The molecule has 8 nitrogen and oxygen atoms in total. The first kappa shape index (κ1) is 16.8. The van der Waals surface area contributed by atoms with Gasteiger partial charge in [0.25, 0.3) is 5.91 Å². The molecule has 28 heavy (non-hydrogen) atoms. The highest BCUT2D eigenvalue weighted by molar-refractivity contribution is 6.30. The highest BCUT2D eigenvalue weighted by atomic mass is 35.5. The summed E-state index contributed by atoms with van der Waals surface area (Å²) < 4.78 is 10.8. The summed E-state index contributed by atoms with van der Waals surface area (Å²) >= 11 is 5.94. The van der Waals surface area contributed by atoms with Gasteiger partial charge in [-0.2, -0.15) is 4.98 Å². The molecule has 0 radical (unpaired) electrons. The fourth-order valence-electron chi connectivity index (χ4n) is 3.30. The van der Waals surface area contributed by atoms with Crippen molar-refractivity contribution in [1.82, 2.24) is 25.0 Å². The molecule has 1 atom stereocenters. The molecule has 1 aliphatic heterocycles. The van der Waals surface area contributed by atoms with Crippen LogP contribution in [0.4, 0.5) is 0 Å². The number of aromatic amines is 1. The smallest absolute Gasteiger partial charge is 0.290 e. The van der Waals surface area contributed by atoms with Crippen LogP contribution in [0.5, 0.6) is 0 Å². The van der Waals surface area contributed by atoms with Crippen LogP contribution in [0.25, 0.3) is 11.4 Å². The molecule has 1 aliphatic rings. The van der Waals surface area contributed by atoms with Gasteiger partial charge >= 0.3 is 0 Å². The first-order chi connectivity index (χ1) is 13.7. The summed E-state index contributed by atoms with van der Waals surface area (Å²) in [5, 5.41) is 4.70. The standard InChI is InChI=1S/C19H14ClN5O3/c20-12-5-3-11(4-6-12)17-23-18(28-24-17)15-8-13-14(22-10-21-13)9-25(15)19(26)16-2-1-7-27-16/h1-7,10,15H,8-9H2,(H,21,22). The fourth-order valence-corrected chi connectivity index (χ4v) is 3.42. The molecule has 0 spiro atoms. The number of nitrogens with one attached hydrogen (secondary N) is 1. The SMILES string of the molecule is O=C(c1ccco1)N1Cc2[nH]cnc2CC1c1nc(-c2ccc(Cl)cc2)no1. The summed E-state index contributed by atoms with van der Waals surface area (Å²) in [5.74, 6) is 0.787. The molecule has 1 aromatic carbocycles. The van der Waals surface area contributed by atoms with Crippen molar-refractivity contribution in [2.45, 2.75) is 19.0 Å². The maximum Gasteiger partial charge on any atom is 0.290 e. The van der Waals surface area contributed by atoms with Gasteiger partial charge in [-0.05, 0) is 36.4 Å². The van der Waals surface area contributed by atoms with Gasteiger partial charge in [0.05, 0.1) is 30.5 Å². The van der Waals surface area contributed by atoms with Crippen LogP contribution in [0.15, 0.2) is 57.9 Å². The lowest BCUT2D eigenvalue weighted by molar-refractivity contribution is 0.0557. The summed E-state index contributed by atoms with van der Waals surface area (Å²) in [4.78, 5) is 26.6. The fraction of sp³-hybridized carbons (Fsp3) is 0.158. The van der Waals surface area contributed by atoms with E-state index in [1.165, 1.54) is 6.26 Å². The number of furan rings is 1. The largest absolute Gasteiger partial charge is 0.459 e. The van der Waals surface area contributed by atoms with Gasteiger partial charge in [-0.3, -0.25) is 4.79 Å². The zero-order valence-corrected chi connectivity index (χ0v) is 15.3. The van der Waals surface area contributed by atoms with Crippen molar-refractivity contribution in [2.75, 3.05) is 0 Å². The van der Waals surface area contributed by atoms with E-state index >= 15 is 0 Å². The Bertz CT molecular complexity index is 1120. The number of rotatable bonds is 3. The lowest BCUT2D eigenvalue weighted by atomic mass is 10.0. The van der Waals surface area contributed by atoms with E-state index in [1.54, 1.807) is 35.5 Å². The van der Waals surface area contributed by atoms with E-state index in [2.05, 4.69) is 20.1 Å². The highest BCUT2D eigenvalue weighted by Crippen LogP contribution is 2.33. The molecule has 0 saturated carbocycles. The van der Waals surface area contributed by atoms with Gasteiger partial charge in [0.1, 0.15) is 6.04 Å². The number of fused-ring (bicyclic) bond motifs is 1. The van der Waals surface area contributed by atoms with Gasteiger partial charge < -0.3 is 18.8 Å². The minimum absolute atomic E-state index is 0.249. The Morgan fingerprint density at radius 3 is 2.89 bits per heavy atom. The van der Waals surface area contributed by atoms with Crippen LogP contribution in [0, 0.1) is 0 Å². The second kappa shape index (κ2) is 6.65. The number of halogens is 1. The molecule has 9 heteroatoms. The van der Waals surface area contributed by atoms with Crippen molar-refractivity contribution < 1.29 is 13.7 Å². The Labute approximate surface area is 164 Å². The number of nitrogens with zero attached hydrogens (tertiary/aromatic N) is 4. The van der Waals surface area contributed by atoms with Crippen molar-refractivity contribution in [1.29, 1.82) is 0 Å². The van der Waals surface area contributed by atoms with Crippen molar-refractivity contribution in [3.63, 3.8) is 0 Å². The third-order valence-corrected chi connectivity index (χ3v) is 4.97. The van der Waals surface area contributed by atoms with E-state index < -0.39 is 6.04 Å². The molecule has 1 unspecified atom stereocenters. The third kappa shape index (κ3) is 2.87. The van der Waals surface area contributed by atoms with Gasteiger partial charge in [0.15, 0.2) is 5.76 Å². The number of H-pyrrole nitrogens is 1. The number of carbonyl (C=O) groups excluding carboxylic acids is 1. The number of hydrogen-bond donors (Lipinski definition) is 1. The lowest BCUT2D eigenvalue weighted by Gasteiger charge is -2.32. The summed E-state index contributed by atoms with van der Waals surface area (Å²) in [5.41, 5.74) is 2.54. The predicted molar refractivity (Wildman–Crippen MR) is 98.4 cm³/mol. The molecule has 0 saturated heterocycles. The zero-order chi connectivity index (χ0) is 19.1. The summed E-state index contributed by atoms with van der Waals surface area (Å²) in [6, 6.07) is 10.0. The average Bonchev–Trinajstić information content (AvgIpc) is 3.48. The number of amides is 1. The summed E-state index contributed by atoms with van der Waals surface area (Å²) in [6.07, 6.45) is 3.56. The van der Waals surface area contributed by atoms with Crippen molar-refractivity contribution in [3.8, 4) is 11.4 Å². The second-order valence-corrected chi connectivity index (χ2v) is 6.86. The van der Waals surface area contributed by atoms with Crippen molar-refractivity contribution in [2.24, 2.45) is 0 Å². The van der Waals surface area contributed by atoms with E-state index in [1.807, 2.05) is 12.1 Å². The normalized spacial score (nSPS) is 16.2. The number of imidazole rings is 1. The molecule has 140 valence electrons. The Kier molecular flexibility index (Phi) is 3.98. The maximum absolute atomic E-state index is 13.0. The predicted octanol–water partition coefficient (Wildman–Crippen LogP) is 3.65. The van der Waals surface area contributed by atoms with Crippen LogP contribution in [0.3, 0.4) is 0 Å². The highest BCUT2D eigenvalue weighted by Gasteiger charge is 2.37. The Morgan fingerprint density at radius 1 is 1.25 bits per heavy atom. The van der Waals surface area contributed by atoms with Gasteiger partial charge in [-0.1, -0.05) is 16.8 Å². The van der Waals surface area contributed by atoms with Crippen LogP contribution in [0.1, 0.15) is 33.9 Å².